The fraction of sp³-hybridized carbons (Fsp3) is 0.0667. The zero-order valence-electron chi connectivity index (χ0n) is 20.0. The van der Waals surface area contributed by atoms with Gasteiger partial charge in [0.2, 0.25) is 0 Å². The number of fused-ring (bicyclic) bond motifs is 2. The molecule has 5 rings (SSSR count). The Morgan fingerprint density at radius 3 is 1.54 bits per heavy atom. The molecule has 0 aromatic heterocycles. The molecule has 0 unspecified atom stereocenters. The average Bonchev–Trinajstić information content (AvgIpc) is 2.89. The molecule has 0 aliphatic heterocycles. The van der Waals surface area contributed by atoms with Gasteiger partial charge in [-0.15, -0.1) is 0 Å². The summed E-state index contributed by atoms with van der Waals surface area (Å²) in [4.78, 5) is 25.5. The van der Waals surface area contributed by atoms with Crippen molar-refractivity contribution in [2.45, 2.75) is 13.8 Å². The molecule has 0 atom stereocenters. The second kappa shape index (κ2) is 10.2. The van der Waals surface area contributed by atoms with E-state index >= 15 is 0 Å². The summed E-state index contributed by atoms with van der Waals surface area (Å²) in [6.07, 6.45) is -1.84. The summed E-state index contributed by atoms with van der Waals surface area (Å²) < 4.78 is 22.2. The highest BCUT2D eigenvalue weighted by atomic mass is 35.5. The number of rotatable bonds is 4. The van der Waals surface area contributed by atoms with Crippen molar-refractivity contribution in [2.24, 2.45) is 0 Å². The van der Waals surface area contributed by atoms with Gasteiger partial charge in [0.25, 0.3) is 0 Å². The Morgan fingerprint density at radius 1 is 0.541 bits per heavy atom. The van der Waals surface area contributed by atoms with E-state index in [1.54, 1.807) is 66.7 Å². The van der Waals surface area contributed by atoms with Crippen molar-refractivity contribution in [1.29, 1.82) is 0 Å². The van der Waals surface area contributed by atoms with Gasteiger partial charge in [-0.2, -0.15) is 0 Å². The van der Waals surface area contributed by atoms with E-state index in [0.29, 0.717) is 38.1 Å². The maximum Gasteiger partial charge on any atom is 0.519 e. The molecule has 0 amide bonds. The van der Waals surface area contributed by atoms with Crippen LogP contribution in [-0.4, -0.2) is 12.3 Å². The van der Waals surface area contributed by atoms with E-state index in [0.717, 1.165) is 11.1 Å². The molecule has 7 heteroatoms. The Kier molecular flexibility index (Phi) is 6.66. The summed E-state index contributed by atoms with van der Waals surface area (Å²) in [6, 6.07) is 26.2. The molecule has 0 saturated heterocycles. The smallest absolute Gasteiger partial charge is 0.395 e. The quantitative estimate of drug-likeness (QED) is 0.137. The molecule has 0 spiro atoms. The Balaban J connectivity index is 1.55. The first-order valence-corrected chi connectivity index (χ1v) is 11.8. The van der Waals surface area contributed by atoms with Gasteiger partial charge in [0.15, 0.2) is 11.5 Å². The second-order valence-electron chi connectivity index (χ2n) is 8.40. The van der Waals surface area contributed by atoms with Crippen LogP contribution in [0.25, 0.3) is 21.5 Å². The predicted molar refractivity (Wildman–Crippen MR) is 142 cm³/mol. The minimum Gasteiger partial charge on any atom is -0.395 e. The van der Waals surface area contributed by atoms with Crippen LogP contribution in [0.5, 0.6) is 23.0 Å². The Labute approximate surface area is 217 Å². The molecule has 0 N–H and O–H groups in total. The molecular formula is C30H21ClO6. The highest BCUT2D eigenvalue weighted by Gasteiger charge is 2.23. The van der Waals surface area contributed by atoms with Gasteiger partial charge in [-0.05, 0) is 44.2 Å². The van der Waals surface area contributed by atoms with E-state index in [-0.39, 0.29) is 11.5 Å². The van der Waals surface area contributed by atoms with Crippen molar-refractivity contribution >= 4 is 45.5 Å². The van der Waals surface area contributed by atoms with Crippen molar-refractivity contribution in [2.75, 3.05) is 0 Å². The van der Waals surface area contributed by atoms with Crippen LogP contribution < -0.4 is 18.9 Å². The highest BCUT2D eigenvalue weighted by Crippen LogP contribution is 2.45. The van der Waals surface area contributed by atoms with Crippen molar-refractivity contribution in [3.05, 3.63) is 107 Å². The Bertz CT molecular complexity index is 1630. The largest absolute Gasteiger partial charge is 0.519 e. The zero-order valence-corrected chi connectivity index (χ0v) is 20.7. The van der Waals surface area contributed by atoms with E-state index in [4.69, 9.17) is 30.5 Å². The monoisotopic (exact) mass is 512 g/mol. The average molecular weight is 513 g/mol. The van der Waals surface area contributed by atoms with E-state index in [1.807, 2.05) is 38.1 Å². The topological polar surface area (TPSA) is 71.1 Å². The number of carbonyl (C=O) groups is 2. The molecule has 5 aromatic carbocycles. The minimum absolute atomic E-state index is 0.188. The molecule has 184 valence electrons. The van der Waals surface area contributed by atoms with Crippen molar-refractivity contribution in [3.8, 4) is 23.0 Å². The number of ether oxygens (including phenoxy) is 4. The van der Waals surface area contributed by atoms with Gasteiger partial charge < -0.3 is 18.9 Å². The summed E-state index contributed by atoms with van der Waals surface area (Å²) in [6.45, 7) is 3.87. The molecule has 6 nitrogen and oxygen atoms in total. The van der Waals surface area contributed by atoms with Crippen molar-refractivity contribution in [3.63, 3.8) is 0 Å². The first kappa shape index (κ1) is 24.2. The van der Waals surface area contributed by atoms with Crippen LogP contribution in [0, 0.1) is 13.8 Å². The van der Waals surface area contributed by atoms with Gasteiger partial charge in [0, 0.05) is 21.5 Å². The van der Waals surface area contributed by atoms with E-state index in [9.17, 15) is 9.59 Å². The molecule has 5 aromatic rings. The van der Waals surface area contributed by atoms with Crippen LogP contribution in [0.3, 0.4) is 0 Å². The number of halogens is 1. The van der Waals surface area contributed by atoms with Gasteiger partial charge in [0.1, 0.15) is 11.5 Å². The highest BCUT2D eigenvalue weighted by molar-refractivity contribution is 6.37. The lowest BCUT2D eigenvalue weighted by atomic mass is 10.0. The maximum atomic E-state index is 12.8. The summed E-state index contributed by atoms with van der Waals surface area (Å²) in [5.74, 6) is 1.10. The number of hydrogen-bond donors (Lipinski definition) is 0. The SMILES string of the molecule is Cc1ccc(OC(=O)Oc2c3ccccc3c(OC(=O)Oc3ccc(C)cc3)c3c(Cl)cccc23)cc1. The molecule has 0 aliphatic rings. The lowest BCUT2D eigenvalue weighted by Crippen LogP contribution is -2.16. The first-order valence-electron chi connectivity index (χ1n) is 11.4. The molecular weight excluding hydrogens is 492 g/mol. The van der Waals surface area contributed by atoms with Gasteiger partial charge >= 0.3 is 12.3 Å². The molecule has 37 heavy (non-hydrogen) atoms. The van der Waals surface area contributed by atoms with E-state index in [2.05, 4.69) is 0 Å². The van der Waals surface area contributed by atoms with E-state index < -0.39 is 12.3 Å². The van der Waals surface area contributed by atoms with Crippen LogP contribution in [-0.2, 0) is 0 Å². The molecule has 0 aliphatic carbocycles. The van der Waals surface area contributed by atoms with E-state index in [1.165, 1.54) is 0 Å². The first-order chi connectivity index (χ1) is 17.9. The number of carbonyl (C=O) groups excluding carboxylic acids is 2. The number of hydrogen-bond acceptors (Lipinski definition) is 6. The number of benzene rings is 5. The Morgan fingerprint density at radius 2 is 1.00 bits per heavy atom. The van der Waals surface area contributed by atoms with Gasteiger partial charge in [-0.3, -0.25) is 0 Å². The molecule has 0 radical (unpaired) electrons. The van der Waals surface area contributed by atoms with Crippen LogP contribution in [0.4, 0.5) is 9.59 Å². The van der Waals surface area contributed by atoms with Crippen LogP contribution in [0.1, 0.15) is 11.1 Å². The van der Waals surface area contributed by atoms with Crippen molar-refractivity contribution < 1.29 is 28.5 Å². The molecule has 0 saturated carbocycles. The molecule has 0 fully saturated rings. The third-order valence-electron chi connectivity index (χ3n) is 5.72. The lowest BCUT2D eigenvalue weighted by Gasteiger charge is -2.17. The van der Waals surface area contributed by atoms with Gasteiger partial charge in [-0.1, -0.05) is 83.4 Å². The predicted octanol–water partition coefficient (Wildman–Crippen LogP) is 8.42. The minimum atomic E-state index is -0.928. The van der Waals surface area contributed by atoms with Gasteiger partial charge in [0.05, 0.1) is 5.02 Å². The molecule has 0 heterocycles. The van der Waals surface area contributed by atoms with Crippen LogP contribution >= 0.6 is 11.6 Å². The fourth-order valence-electron chi connectivity index (χ4n) is 3.93. The fourth-order valence-corrected chi connectivity index (χ4v) is 4.19. The normalized spacial score (nSPS) is 10.8. The maximum absolute atomic E-state index is 12.8. The Hall–Kier alpha value is -4.55. The van der Waals surface area contributed by atoms with Crippen LogP contribution in [0.2, 0.25) is 5.02 Å². The lowest BCUT2D eigenvalue weighted by molar-refractivity contribution is 0.151. The van der Waals surface area contributed by atoms with Crippen LogP contribution in [0.15, 0.2) is 91.0 Å². The summed E-state index contributed by atoms with van der Waals surface area (Å²) >= 11 is 6.57. The standard InChI is InChI=1S/C30H21ClO6/c1-18-10-14-20(15-11-18)34-29(32)36-27-22-6-3-4-7-23(22)28(26-24(27)8-5-9-25(26)31)37-30(33)35-21-16-12-19(2)13-17-21/h3-17H,1-2H3. The summed E-state index contributed by atoms with van der Waals surface area (Å²) in [5, 5.41) is 2.18. The summed E-state index contributed by atoms with van der Waals surface area (Å²) in [5.41, 5.74) is 2.06. The third-order valence-corrected chi connectivity index (χ3v) is 6.03. The van der Waals surface area contributed by atoms with Crippen molar-refractivity contribution in [1.82, 2.24) is 0 Å². The third kappa shape index (κ3) is 5.20. The zero-order chi connectivity index (χ0) is 25.9. The second-order valence-corrected chi connectivity index (χ2v) is 8.81. The van der Waals surface area contributed by atoms with Gasteiger partial charge in [-0.25, -0.2) is 9.59 Å². The summed E-state index contributed by atoms with van der Waals surface area (Å²) in [7, 11) is 0. The number of aryl methyl sites for hydroxylation is 2. The molecule has 0 bridgehead atoms.